The Bertz CT molecular complexity index is 1050. The van der Waals surface area contributed by atoms with Crippen molar-refractivity contribution in [3.8, 4) is 0 Å². The summed E-state index contributed by atoms with van der Waals surface area (Å²) in [5.74, 6) is 1.71. The van der Waals surface area contributed by atoms with Gasteiger partial charge in [-0.1, -0.05) is 57.7 Å². The molecule has 3 aromatic rings. The van der Waals surface area contributed by atoms with Gasteiger partial charge in [0.1, 0.15) is 0 Å². The zero-order valence-corrected chi connectivity index (χ0v) is 21.4. The van der Waals surface area contributed by atoms with Crippen LogP contribution in [0.4, 0.5) is 5.69 Å². The quantitative estimate of drug-likeness (QED) is 0.439. The summed E-state index contributed by atoms with van der Waals surface area (Å²) in [5, 5.41) is 3.92. The fourth-order valence-electron chi connectivity index (χ4n) is 4.32. The Morgan fingerprint density at radius 3 is 2.35 bits per heavy atom. The van der Waals surface area contributed by atoms with Crippen molar-refractivity contribution in [2.24, 2.45) is 0 Å². The molecule has 7 nitrogen and oxygen atoms in total. The molecule has 0 radical (unpaired) electrons. The lowest BCUT2D eigenvalue weighted by Crippen LogP contribution is -2.49. The number of aromatic nitrogens is 2. The number of carbonyl (C=O) groups is 1. The van der Waals surface area contributed by atoms with Crippen molar-refractivity contribution in [3.05, 3.63) is 47.7 Å². The lowest BCUT2D eigenvalue weighted by Gasteiger charge is -2.34. The Hall–Kier alpha value is -2.42. The van der Waals surface area contributed by atoms with E-state index in [0.29, 0.717) is 29.3 Å². The topological polar surface area (TPSA) is 74.5 Å². The van der Waals surface area contributed by atoms with Gasteiger partial charge in [0.15, 0.2) is 11.2 Å². The summed E-state index contributed by atoms with van der Waals surface area (Å²) in [5.41, 5.74) is 4.80. The molecule has 1 N–H and O–H groups in total. The molecule has 1 aliphatic rings. The third-order valence-corrected chi connectivity index (χ3v) is 7.06. The van der Waals surface area contributed by atoms with Crippen LogP contribution in [0.5, 0.6) is 0 Å². The Balaban J connectivity index is 1.23. The van der Waals surface area contributed by atoms with Crippen LogP contribution in [0.15, 0.2) is 46.2 Å². The van der Waals surface area contributed by atoms with E-state index >= 15 is 0 Å². The van der Waals surface area contributed by atoms with Crippen LogP contribution in [0.1, 0.15) is 50.7 Å². The average Bonchev–Trinajstić information content (AvgIpc) is 3.23. The van der Waals surface area contributed by atoms with Crippen LogP contribution in [0.3, 0.4) is 0 Å². The van der Waals surface area contributed by atoms with Crippen molar-refractivity contribution >= 4 is 34.6 Å². The number of nitrogens with zero attached hydrogens (tertiary/aromatic N) is 4. The van der Waals surface area contributed by atoms with Crippen LogP contribution in [0.2, 0.25) is 0 Å². The predicted octanol–water partition coefficient (Wildman–Crippen LogP) is 4.82. The minimum atomic E-state index is 0.0728. The molecular weight excluding hydrogens is 446 g/mol. The highest BCUT2D eigenvalue weighted by molar-refractivity contribution is 7.99. The lowest BCUT2D eigenvalue weighted by atomic mass is 9.92. The normalized spacial score (nSPS) is 15.5. The minimum Gasteiger partial charge on any atom is -0.430 e. The molecule has 1 aliphatic heterocycles. The van der Waals surface area contributed by atoms with Gasteiger partial charge in [-0.05, 0) is 35.1 Å². The van der Waals surface area contributed by atoms with Gasteiger partial charge in [-0.2, -0.15) is 4.98 Å². The minimum absolute atomic E-state index is 0.0728. The van der Waals surface area contributed by atoms with Gasteiger partial charge < -0.3 is 9.73 Å². The SMILES string of the molecule is CC(C)c1cccc(C(C)C)c1NC(=O)CN1CCN(CCSc2nc3ncccc3o2)CC1. The Morgan fingerprint density at radius 1 is 1.03 bits per heavy atom. The number of pyridine rings is 1. The molecule has 1 aromatic carbocycles. The van der Waals surface area contributed by atoms with E-state index in [2.05, 4.69) is 71.0 Å². The van der Waals surface area contributed by atoms with Gasteiger partial charge in [-0.3, -0.25) is 14.6 Å². The van der Waals surface area contributed by atoms with E-state index in [1.54, 1.807) is 18.0 Å². The van der Waals surface area contributed by atoms with E-state index in [4.69, 9.17) is 4.42 Å². The van der Waals surface area contributed by atoms with Gasteiger partial charge >= 0.3 is 0 Å². The van der Waals surface area contributed by atoms with Crippen molar-refractivity contribution in [2.45, 2.75) is 44.8 Å². The molecule has 3 heterocycles. The molecule has 0 spiro atoms. The highest BCUT2D eigenvalue weighted by Gasteiger charge is 2.21. The number of fused-ring (bicyclic) bond motifs is 1. The fourth-order valence-corrected chi connectivity index (χ4v) is 5.15. The van der Waals surface area contributed by atoms with Crippen LogP contribution >= 0.6 is 11.8 Å². The lowest BCUT2D eigenvalue weighted by molar-refractivity contribution is -0.117. The summed E-state index contributed by atoms with van der Waals surface area (Å²) in [6.45, 7) is 13.8. The van der Waals surface area contributed by atoms with Crippen LogP contribution in [-0.4, -0.2) is 70.7 Å². The Kier molecular flexibility index (Phi) is 8.24. The first-order valence-electron chi connectivity index (χ1n) is 12.1. The summed E-state index contributed by atoms with van der Waals surface area (Å²) in [4.78, 5) is 26.2. The van der Waals surface area contributed by atoms with Gasteiger partial charge in [-0.25, -0.2) is 4.98 Å². The molecule has 4 rings (SSSR count). The van der Waals surface area contributed by atoms with Crippen molar-refractivity contribution in [1.82, 2.24) is 19.8 Å². The van der Waals surface area contributed by atoms with Gasteiger partial charge in [0.25, 0.3) is 5.22 Å². The second-order valence-electron chi connectivity index (χ2n) is 9.44. The monoisotopic (exact) mass is 481 g/mol. The maximum atomic E-state index is 12.9. The number of amides is 1. The van der Waals surface area contributed by atoms with Gasteiger partial charge in [0, 0.05) is 50.4 Å². The van der Waals surface area contributed by atoms with Gasteiger partial charge in [-0.15, -0.1) is 0 Å². The van der Waals surface area contributed by atoms with Crippen molar-refractivity contribution in [3.63, 3.8) is 0 Å². The first kappa shape index (κ1) is 24.7. The maximum absolute atomic E-state index is 12.9. The van der Waals surface area contributed by atoms with Crippen LogP contribution in [-0.2, 0) is 4.79 Å². The molecule has 34 heavy (non-hydrogen) atoms. The van der Waals surface area contributed by atoms with Gasteiger partial charge in [0.05, 0.1) is 6.54 Å². The maximum Gasteiger partial charge on any atom is 0.258 e. The number of para-hydroxylation sites is 1. The van der Waals surface area contributed by atoms with Crippen LogP contribution in [0.25, 0.3) is 11.2 Å². The molecule has 1 saturated heterocycles. The number of thioether (sulfide) groups is 1. The second-order valence-corrected chi connectivity index (χ2v) is 10.5. The zero-order chi connectivity index (χ0) is 24.1. The van der Waals surface area contributed by atoms with E-state index in [9.17, 15) is 4.79 Å². The first-order valence-corrected chi connectivity index (χ1v) is 13.1. The molecule has 0 bridgehead atoms. The summed E-state index contributed by atoms with van der Waals surface area (Å²) in [6, 6.07) is 10.1. The average molecular weight is 482 g/mol. The summed E-state index contributed by atoms with van der Waals surface area (Å²) >= 11 is 1.62. The standard InChI is InChI=1S/C26H35N5O2S/c1-18(2)20-7-5-8-21(19(3)4)24(20)28-23(32)17-31-13-11-30(12-14-31)15-16-34-26-29-25-22(33-26)9-6-10-27-25/h5-10,18-19H,11-17H2,1-4H3,(H,28,32). The van der Waals surface area contributed by atoms with Crippen LogP contribution in [0, 0.1) is 0 Å². The number of benzene rings is 1. The van der Waals surface area contributed by atoms with E-state index in [0.717, 1.165) is 49.7 Å². The smallest absolute Gasteiger partial charge is 0.258 e. The van der Waals surface area contributed by atoms with Crippen LogP contribution < -0.4 is 5.32 Å². The molecule has 0 unspecified atom stereocenters. The first-order chi connectivity index (χ1) is 16.4. The third-order valence-electron chi connectivity index (χ3n) is 6.25. The molecule has 0 saturated carbocycles. The number of oxazole rings is 1. The summed E-state index contributed by atoms with van der Waals surface area (Å²) < 4.78 is 5.73. The number of hydrogen-bond acceptors (Lipinski definition) is 7. The zero-order valence-electron chi connectivity index (χ0n) is 20.6. The van der Waals surface area contributed by atoms with Crippen molar-refractivity contribution in [2.75, 3.05) is 50.3 Å². The Labute approximate surface area is 206 Å². The van der Waals surface area contributed by atoms with Gasteiger partial charge in [0.2, 0.25) is 5.91 Å². The number of rotatable bonds is 9. The highest BCUT2D eigenvalue weighted by atomic mass is 32.2. The molecule has 0 atom stereocenters. The second kappa shape index (κ2) is 11.3. The molecule has 182 valence electrons. The van der Waals surface area contributed by atoms with Crippen molar-refractivity contribution < 1.29 is 9.21 Å². The third kappa shape index (κ3) is 6.17. The van der Waals surface area contributed by atoms with E-state index in [1.807, 2.05) is 12.1 Å². The highest BCUT2D eigenvalue weighted by Crippen LogP contribution is 2.32. The number of hydrogen-bond donors (Lipinski definition) is 1. The van der Waals surface area contributed by atoms with E-state index in [-0.39, 0.29) is 5.91 Å². The predicted molar refractivity (Wildman–Crippen MR) is 139 cm³/mol. The number of piperazine rings is 1. The van der Waals surface area contributed by atoms with E-state index < -0.39 is 0 Å². The molecule has 0 aliphatic carbocycles. The molecule has 2 aromatic heterocycles. The number of nitrogens with one attached hydrogen (secondary N) is 1. The summed E-state index contributed by atoms with van der Waals surface area (Å²) in [6.07, 6.45) is 1.73. The Morgan fingerprint density at radius 2 is 1.71 bits per heavy atom. The molecular formula is C26H35N5O2S. The fraction of sp³-hybridized carbons (Fsp3) is 0.500. The van der Waals surface area contributed by atoms with Crippen molar-refractivity contribution in [1.29, 1.82) is 0 Å². The molecule has 1 amide bonds. The largest absolute Gasteiger partial charge is 0.430 e. The molecule has 8 heteroatoms. The summed E-state index contributed by atoms with van der Waals surface area (Å²) in [7, 11) is 0. The molecule has 1 fully saturated rings. The number of carbonyl (C=O) groups excluding carboxylic acids is 1. The number of anilines is 1. The van der Waals surface area contributed by atoms with E-state index in [1.165, 1.54) is 11.1 Å².